The van der Waals surface area contributed by atoms with Crippen LogP contribution in [0.4, 0.5) is 5.69 Å². The Labute approximate surface area is 114 Å². The summed E-state index contributed by atoms with van der Waals surface area (Å²) >= 11 is 3.47. The van der Waals surface area contributed by atoms with Crippen molar-refractivity contribution in [3.63, 3.8) is 0 Å². The molecule has 2 aromatic rings. The molecule has 1 aliphatic carbocycles. The zero-order valence-electron chi connectivity index (χ0n) is 10.0. The smallest absolute Gasteiger partial charge is 0.137 e. The van der Waals surface area contributed by atoms with Crippen LogP contribution in [0.25, 0.3) is 5.65 Å². The summed E-state index contributed by atoms with van der Waals surface area (Å²) in [6, 6.07) is 4.40. The number of aliphatic hydroxyl groups excluding tert-OH is 1. The molecule has 0 aliphatic heterocycles. The highest BCUT2D eigenvalue weighted by molar-refractivity contribution is 9.10. The molecule has 1 fully saturated rings. The number of hydrogen-bond donors (Lipinski definition) is 2. The molecule has 0 aromatic carbocycles. The zero-order valence-corrected chi connectivity index (χ0v) is 11.6. The number of pyridine rings is 1. The Morgan fingerprint density at radius 1 is 1.39 bits per heavy atom. The second-order valence-electron chi connectivity index (χ2n) is 4.89. The summed E-state index contributed by atoms with van der Waals surface area (Å²) in [5.74, 6) is 0. The third-order valence-corrected chi connectivity index (χ3v) is 4.06. The summed E-state index contributed by atoms with van der Waals surface area (Å²) in [7, 11) is 0. The molecule has 0 bridgehead atoms. The summed E-state index contributed by atoms with van der Waals surface area (Å²) < 4.78 is 2.95. The van der Waals surface area contributed by atoms with Crippen LogP contribution in [0.15, 0.2) is 29.1 Å². The minimum atomic E-state index is -0.153. The number of hydrogen-bond acceptors (Lipinski definition) is 3. The van der Waals surface area contributed by atoms with Gasteiger partial charge in [0.2, 0.25) is 0 Å². The lowest BCUT2D eigenvalue weighted by molar-refractivity contribution is 0.124. The lowest BCUT2D eigenvalue weighted by Gasteiger charge is -2.27. The van der Waals surface area contributed by atoms with Crippen LogP contribution in [0.3, 0.4) is 0 Å². The fourth-order valence-electron chi connectivity index (χ4n) is 2.57. The van der Waals surface area contributed by atoms with Crippen molar-refractivity contribution in [3.05, 3.63) is 29.1 Å². The number of aliphatic hydroxyl groups is 1. The van der Waals surface area contributed by atoms with Crippen molar-refractivity contribution in [1.82, 2.24) is 9.38 Å². The predicted octanol–water partition coefficient (Wildman–Crippen LogP) is 2.81. The van der Waals surface area contributed by atoms with Gasteiger partial charge in [-0.3, -0.25) is 4.40 Å². The van der Waals surface area contributed by atoms with E-state index in [9.17, 15) is 5.11 Å². The standard InChI is InChI=1S/C13H16BrN3O/c14-12-7-15-13-5-4-10(8-17(12)13)16-9-2-1-3-11(18)6-9/h4-5,7-9,11,16,18H,1-3,6H2/t9-,11-/m1/s1. The van der Waals surface area contributed by atoms with Crippen molar-refractivity contribution >= 4 is 27.3 Å². The molecule has 1 saturated carbocycles. The van der Waals surface area contributed by atoms with Crippen LogP contribution in [0.5, 0.6) is 0 Å². The van der Waals surface area contributed by atoms with Gasteiger partial charge in [-0.1, -0.05) is 0 Å². The lowest BCUT2D eigenvalue weighted by Crippen LogP contribution is -2.29. The van der Waals surface area contributed by atoms with E-state index in [0.29, 0.717) is 6.04 Å². The lowest BCUT2D eigenvalue weighted by atomic mass is 9.93. The molecule has 2 heterocycles. The number of nitrogens with zero attached hydrogens (tertiary/aromatic N) is 2. The van der Waals surface area contributed by atoms with E-state index in [4.69, 9.17) is 0 Å². The van der Waals surface area contributed by atoms with Gasteiger partial charge in [0.15, 0.2) is 0 Å². The van der Waals surface area contributed by atoms with Gasteiger partial charge >= 0.3 is 0 Å². The van der Waals surface area contributed by atoms with E-state index in [1.807, 2.05) is 22.7 Å². The molecule has 2 aromatic heterocycles. The monoisotopic (exact) mass is 309 g/mol. The van der Waals surface area contributed by atoms with E-state index >= 15 is 0 Å². The van der Waals surface area contributed by atoms with Gasteiger partial charge in [0, 0.05) is 12.2 Å². The van der Waals surface area contributed by atoms with Crippen LogP contribution < -0.4 is 5.32 Å². The van der Waals surface area contributed by atoms with Gasteiger partial charge in [-0.05, 0) is 53.7 Å². The first-order chi connectivity index (χ1) is 8.72. The Balaban J connectivity index is 1.79. The highest BCUT2D eigenvalue weighted by atomic mass is 79.9. The number of fused-ring (bicyclic) bond motifs is 1. The molecular formula is C13H16BrN3O. The molecule has 2 atom stereocenters. The van der Waals surface area contributed by atoms with Crippen molar-refractivity contribution in [2.45, 2.75) is 37.8 Å². The van der Waals surface area contributed by atoms with Crippen molar-refractivity contribution in [3.8, 4) is 0 Å². The topological polar surface area (TPSA) is 49.6 Å². The largest absolute Gasteiger partial charge is 0.393 e. The van der Waals surface area contributed by atoms with E-state index in [1.54, 1.807) is 6.20 Å². The fraction of sp³-hybridized carbons (Fsp3) is 0.462. The molecule has 0 unspecified atom stereocenters. The number of rotatable bonds is 2. The Hall–Kier alpha value is -1.07. The summed E-state index contributed by atoms with van der Waals surface area (Å²) in [4.78, 5) is 4.27. The Bertz CT molecular complexity index is 554. The molecule has 0 amide bonds. The van der Waals surface area contributed by atoms with Gasteiger partial charge in [0.1, 0.15) is 10.3 Å². The molecule has 0 saturated heterocycles. The molecule has 2 N–H and O–H groups in total. The minimum Gasteiger partial charge on any atom is -0.393 e. The molecule has 1 aliphatic rings. The Morgan fingerprint density at radius 3 is 3.11 bits per heavy atom. The average molecular weight is 310 g/mol. The summed E-state index contributed by atoms with van der Waals surface area (Å²) in [5.41, 5.74) is 2.00. The zero-order chi connectivity index (χ0) is 12.5. The van der Waals surface area contributed by atoms with Crippen LogP contribution >= 0.6 is 15.9 Å². The van der Waals surface area contributed by atoms with E-state index in [0.717, 1.165) is 41.6 Å². The average Bonchev–Trinajstić information content (AvgIpc) is 2.71. The number of imidazole rings is 1. The van der Waals surface area contributed by atoms with E-state index in [2.05, 4.69) is 26.2 Å². The first-order valence-corrected chi connectivity index (χ1v) is 7.09. The van der Waals surface area contributed by atoms with E-state index in [-0.39, 0.29) is 6.10 Å². The van der Waals surface area contributed by atoms with Crippen LogP contribution in [0.1, 0.15) is 25.7 Å². The molecule has 18 heavy (non-hydrogen) atoms. The van der Waals surface area contributed by atoms with Crippen molar-refractivity contribution in [1.29, 1.82) is 0 Å². The fourth-order valence-corrected chi connectivity index (χ4v) is 2.95. The maximum absolute atomic E-state index is 9.68. The maximum Gasteiger partial charge on any atom is 0.137 e. The molecular weight excluding hydrogens is 294 g/mol. The van der Waals surface area contributed by atoms with Gasteiger partial charge in [-0.25, -0.2) is 4.98 Å². The third kappa shape index (κ3) is 2.37. The quantitative estimate of drug-likeness (QED) is 0.897. The molecule has 0 spiro atoms. The van der Waals surface area contributed by atoms with Gasteiger partial charge in [0.05, 0.1) is 18.0 Å². The molecule has 0 radical (unpaired) electrons. The van der Waals surface area contributed by atoms with E-state index < -0.39 is 0 Å². The van der Waals surface area contributed by atoms with Gasteiger partial charge in [-0.15, -0.1) is 0 Å². The predicted molar refractivity (Wildman–Crippen MR) is 74.8 cm³/mol. The number of aromatic nitrogens is 2. The van der Waals surface area contributed by atoms with Crippen molar-refractivity contribution in [2.24, 2.45) is 0 Å². The summed E-state index contributed by atoms with van der Waals surface area (Å²) in [6.45, 7) is 0. The normalized spacial score (nSPS) is 24.3. The molecule has 96 valence electrons. The summed E-state index contributed by atoms with van der Waals surface area (Å²) in [5, 5.41) is 13.2. The maximum atomic E-state index is 9.68. The van der Waals surface area contributed by atoms with Crippen LogP contribution in [0.2, 0.25) is 0 Å². The number of anilines is 1. The number of nitrogens with one attached hydrogen (secondary N) is 1. The highest BCUT2D eigenvalue weighted by Gasteiger charge is 2.19. The molecule has 4 nitrogen and oxygen atoms in total. The third-order valence-electron chi connectivity index (χ3n) is 3.48. The Kier molecular flexibility index (Phi) is 3.26. The first kappa shape index (κ1) is 12.0. The SMILES string of the molecule is O[C@@H]1CCC[C@@H](Nc2ccc3ncc(Br)n3c2)C1. The number of halogens is 1. The molecule has 3 rings (SSSR count). The van der Waals surface area contributed by atoms with Crippen molar-refractivity contribution < 1.29 is 5.11 Å². The summed E-state index contributed by atoms with van der Waals surface area (Å²) in [6.07, 6.45) is 7.67. The van der Waals surface area contributed by atoms with Gasteiger partial charge < -0.3 is 10.4 Å². The first-order valence-electron chi connectivity index (χ1n) is 6.29. The minimum absolute atomic E-state index is 0.153. The van der Waals surface area contributed by atoms with Crippen molar-refractivity contribution in [2.75, 3.05) is 5.32 Å². The van der Waals surface area contributed by atoms with Crippen LogP contribution in [-0.2, 0) is 0 Å². The van der Waals surface area contributed by atoms with Crippen LogP contribution in [0, 0.1) is 0 Å². The second kappa shape index (κ2) is 4.90. The molecule has 5 heteroatoms. The van der Waals surface area contributed by atoms with Crippen LogP contribution in [-0.4, -0.2) is 26.6 Å². The van der Waals surface area contributed by atoms with Gasteiger partial charge in [-0.2, -0.15) is 0 Å². The highest BCUT2D eigenvalue weighted by Crippen LogP contribution is 2.23. The van der Waals surface area contributed by atoms with Gasteiger partial charge in [0.25, 0.3) is 0 Å². The second-order valence-corrected chi connectivity index (χ2v) is 5.70. The van der Waals surface area contributed by atoms with E-state index in [1.165, 1.54) is 0 Å². The Morgan fingerprint density at radius 2 is 2.28 bits per heavy atom.